The van der Waals surface area contributed by atoms with E-state index in [1.54, 1.807) is 12.1 Å². The largest absolute Gasteiger partial charge is 0.368 e. The van der Waals surface area contributed by atoms with Crippen molar-refractivity contribution in [3.8, 4) is 0 Å². The summed E-state index contributed by atoms with van der Waals surface area (Å²) >= 11 is 6.24. The smallest absolute Gasteiger partial charge is 0.125 e. The van der Waals surface area contributed by atoms with Gasteiger partial charge in [-0.1, -0.05) is 11.6 Å². The van der Waals surface area contributed by atoms with Crippen LogP contribution in [0, 0.1) is 11.7 Å². The first-order chi connectivity index (χ1) is 9.08. The molecule has 0 spiro atoms. The average molecular weight is 283 g/mol. The van der Waals surface area contributed by atoms with E-state index in [1.165, 1.54) is 18.9 Å². The number of benzene rings is 1. The zero-order valence-corrected chi connectivity index (χ0v) is 12.0. The minimum Gasteiger partial charge on any atom is -0.368 e. The summed E-state index contributed by atoms with van der Waals surface area (Å²) in [6.45, 7) is 5.14. The molecule has 2 nitrogen and oxygen atoms in total. The Morgan fingerprint density at radius 3 is 2.95 bits per heavy atom. The number of hydrogen-bond acceptors (Lipinski definition) is 2. The van der Waals surface area contributed by atoms with Gasteiger partial charge in [0.15, 0.2) is 0 Å². The van der Waals surface area contributed by atoms with Crippen LogP contribution in [0.25, 0.3) is 0 Å². The highest BCUT2D eigenvalue weighted by Crippen LogP contribution is 2.41. The van der Waals surface area contributed by atoms with Gasteiger partial charge in [-0.05, 0) is 56.8 Å². The lowest BCUT2D eigenvalue weighted by Gasteiger charge is -2.35. The van der Waals surface area contributed by atoms with Crippen molar-refractivity contribution in [1.29, 1.82) is 0 Å². The van der Waals surface area contributed by atoms with Crippen LogP contribution in [-0.4, -0.2) is 25.2 Å². The Morgan fingerprint density at radius 2 is 2.21 bits per heavy atom. The lowest BCUT2D eigenvalue weighted by atomic mass is 9.95. The van der Waals surface area contributed by atoms with E-state index in [1.807, 2.05) is 0 Å². The third-order valence-corrected chi connectivity index (χ3v) is 4.70. The van der Waals surface area contributed by atoms with Crippen molar-refractivity contribution in [3.05, 3.63) is 29.0 Å². The number of anilines is 1. The SMILES string of the molecule is CC1(C2CC2)CN(c2cc(F)ccc2Cl)CCCN1. The number of hydrogen-bond donors (Lipinski definition) is 1. The fourth-order valence-electron chi connectivity index (χ4n) is 3.10. The van der Waals surface area contributed by atoms with Crippen molar-refractivity contribution in [2.24, 2.45) is 5.92 Å². The van der Waals surface area contributed by atoms with Crippen molar-refractivity contribution in [2.75, 3.05) is 24.5 Å². The quantitative estimate of drug-likeness (QED) is 0.894. The molecule has 3 rings (SSSR count). The predicted octanol–water partition coefficient (Wildman–Crippen LogP) is 3.45. The molecule has 19 heavy (non-hydrogen) atoms. The van der Waals surface area contributed by atoms with Crippen LogP contribution in [-0.2, 0) is 0 Å². The lowest BCUT2D eigenvalue weighted by molar-refractivity contribution is 0.331. The second-order valence-electron chi connectivity index (χ2n) is 5.99. The molecule has 1 saturated carbocycles. The molecule has 4 heteroatoms. The van der Waals surface area contributed by atoms with Crippen LogP contribution in [0.2, 0.25) is 5.02 Å². The third-order valence-electron chi connectivity index (χ3n) is 4.38. The molecule has 1 unspecified atom stereocenters. The van der Waals surface area contributed by atoms with Crippen molar-refractivity contribution in [1.82, 2.24) is 5.32 Å². The molecule has 0 aromatic heterocycles. The summed E-state index contributed by atoms with van der Waals surface area (Å²) in [5, 5.41) is 4.32. The topological polar surface area (TPSA) is 15.3 Å². The molecule has 1 aromatic rings. The van der Waals surface area contributed by atoms with Gasteiger partial charge in [-0.3, -0.25) is 0 Å². The molecule has 0 bridgehead atoms. The van der Waals surface area contributed by atoms with Gasteiger partial charge in [0.25, 0.3) is 0 Å². The molecule has 1 aliphatic carbocycles. The van der Waals surface area contributed by atoms with E-state index in [-0.39, 0.29) is 11.4 Å². The Kier molecular flexibility index (Phi) is 3.44. The normalized spacial score (nSPS) is 28.3. The first-order valence-corrected chi connectivity index (χ1v) is 7.41. The second-order valence-corrected chi connectivity index (χ2v) is 6.40. The molecular weight excluding hydrogens is 263 g/mol. The van der Waals surface area contributed by atoms with Crippen LogP contribution in [0.15, 0.2) is 18.2 Å². The van der Waals surface area contributed by atoms with Gasteiger partial charge in [0, 0.05) is 18.6 Å². The van der Waals surface area contributed by atoms with Crippen LogP contribution in [0.4, 0.5) is 10.1 Å². The maximum Gasteiger partial charge on any atom is 0.125 e. The monoisotopic (exact) mass is 282 g/mol. The highest BCUT2D eigenvalue weighted by atomic mass is 35.5. The van der Waals surface area contributed by atoms with E-state index >= 15 is 0 Å². The third kappa shape index (κ3) is 2.72. The van der Waals surface area contributed by atoms with Crippen LogP contribution in [0.5, 0.6) is 0 Å². The predicted molar refractivity (Wildman–Crippen MR) is 77.4 cm³/mol. The number of halogens is 2. The molecule has 1 heterocycles. The summed E-state index contributed by atoms with van der Waals surface area (Å²) in [6, 6.07) is 4.63. The average Bonchev–Trinajstić information content (AvgIpc) is 3.19. The van der Waals surface area contributed by atoms with Crippen LogP contribution in [0.1, 0.15) is 26.2 Å². The molecule has 0 amide bonds. The molecule has 1 N–H and O–H groups in total. The van der Waals surface area contributed by atoms with Gasteiger partial charge in [-0.2, -0.15) is 0 Å². The molecule has 1 aliphatic heterocycles. The summed E-state index contributed by atoms with van der Waals surface area (Å²) in [7, 11) is 0. The van der Waals surface area contributed by atoms with E-state index in [9.17, 15) is 4.39 Å². The maximum absolute atomic E-state index is 13.5. The molecular formula is C15H20ClFN2. The highest BCUT2D eigenvalue weighted by Gasteiger charge is 2.43. The first kappa shape index (κ1) is 13.2. The zero-order chi connectivity index (χ0) is 13.5. The molecule has 2 fully saturated rings. The van der Waals surface area contributed by atoms with Gasteiger partial charge in [0.05, 0.1) is 10.7 Å². The minimum atomic E-state index is -0.218. The second kappa shape index (κ2) is 4.95. The van der Waals surface area contributed by atoms with E-state index < -0.39 is 0 Å². The molecule has 104 valence electrons. The fraction of sp³-hybridized carbons (Fsp3) is 0.600. The maximum atomic E-state index is 13.5. The summed E-state index contributed by atoms with van der Waals surface area (Å²) < 4.78 is 13.5. The van der Waals surface area contributed by atoms with Gasteiger partial charge in [-0.25, -0.2) is 4.39 Å². The van der Waals surface area contributed by atoms with E-state index in [4.69, 9.17) is 11.6 Å². The molecule has 1 saturated heterocycles. The summed E-state index contributed by atoms with van der Waals surface area (Å²) in [4.78, 5) is 2.24. The molecule has 1 atom stereocenters. The Morgan fingerprint density at radius 1 is 1.42 bits per heavy atom. The first-order valence-electron chi connectivity index (χ1n) is 7.03. The highest BCUT2D eigenvalue weighted by molar-refractivity contribution is 6.33. The van der Waals surface area contributed by atoms with Gasteiger partial charge < -0.3 is 10.2 Å². The molecule has 2 aliphatic rings. The zero-order valence-electron chi connectivity index (χ0n) is 11.3. The van der Waals surface area contributed by atoms with Crippen LogP contribution < -0.4 is 10.2 Å². The number of nitrogens with one attached hydrogen (secondary N) is 1. The Hall–Kier alpha value is -0.800. The van der Waals surface area contributed by atoms with Crippen molar-refractivity contribution in [2.45, 2.75) is 31.7 Å². The van der Waals surface area contributed by atoms with Crippen LogP contribution in [0.3, 0.4) is 0 Å². The standard InChI is InChI=1S/C15H20ClFN2/c1-15(11-3-4-11)10-19(8-2-7-18-15)14-9-12(17)5-6-13(14)16/h5-6,9,11,18H,2-4,7-8,10H2,1H3. The minimum absolute atomic E-state index is 0.131. The fourth-order valence-corrected chi connectivity index (χ4v) is 3.34. The van der Waals surface area contributed by atoms with E-state index in [2.05, 4.69) is 17.1 Å². The van der Waals surface area contributed by atoms with Crippen molar-refractivity contribution in [3.63, 3.8) is 0 Å². The molecule has 1 aromatic carbocycles. The van der Waals surface area contributed by atoms with Gasteiger partial charge in [0.2, 0.25) is 0 Å². The number of nitrogens with zero attached hydrogens (tertiary/aromatic N) is 1. The van der Waals surface area contributed by atoms with Crippen molar-refractivity contribution < 1.29 is 4.39 Å². The van der Waals surface area contributed by atoms with E-state index in [0.717, 1.165) is 37.7 Å². The molecule has 0 radical (unpaired) electrons. The Labute approximate surface area is 118 Å². The summed E-state index contributed by atoms with van der Waals surface area (Å²) in [6.07, 6.45) is 3.66. The van der Waals surface area contributed by atoms with Gasteiger partial charge in [0.1, 0.15) is 5.82 Å². The lowest BCUT2D eigenvalue weighted by Crippen LogP contribution is -2.51. The number of rotatable bonds is 2. The van der Waals surface area contributed by atoms with Gasteiger partial charge >= 0.3 is 0 Å². The summed E-state index contributed by atoms with van der Waals surface area (Å²) in [5.74, 6) is 0.533. The van der Waals surface area contributed by atoms with Crippen molar-refractivity contribution >= 4 is 17.3 Å². The van der Waals surface area contributed by atoms with E-state index in [0.29, 0.717) is 5.02 Å². The van der Waals surface area contributed by atoms with Gasteiger partial charge in [-0.15, -0.1) is 0 Å². The summed E-state index contributed by atoms with van der Waals surface area (Å²) in [5.41, 5.74) is 0.962. The van der Waals surface area contributed by atoms with Crippen LogP contribution >= 0.6 is 11.6 Å². The Balaban J connectivity index is 1.88. The Bertz CT molecular complexity index is 475.